The molecule has 1 aliphatic rings. The zero-order valence-electron chi connectivity index (χ0n) is 17.9. The van der Waals surface area contributed by atoms with Crippen molar-refractivity contribution >= 4 is 17.5 Å². The normalized spacial score (nSPS) is 14.5. The summed E-state index contributed by atoms with van der Waals surface area (Å²) in [6, 6.07) is 17.6. The Morgan fingerprint density at radius 1 is 1.00 bits per heavy atom. The summed E-state index contributed by atoms with van der Waals surface area (Å²) < 4.78 is 8.04. The molecule has 3 aromatic rings. The summed E-state index contributed by atoms with van der Waals surface area (Å²) in [6.45, 7) is 5.09. The molecule has 2 aromatic carbocycles. The molecule has 0 saturated carbocycles. The van der Waals surface area contributed by atoms with E-state index in [-0.39, 0.29) is 5.78 Å². The van der Waals surface area contributed by atoms with Crippen molar-refractivity contribution in [3.63, 3.8) is 0 Å². The van der Waals surface area contributed by atoms with Gasteiger partial charge in [0.15, 0.2) is 16.8 Å². The number of hydrogen-bond acceptors (Lipinski definition) is 6. The van der Waals surface area contributed by atoms with Crippen molar-refractivity contribution in [1.29, 1.82) is 0 Å². The first-order chi connectivity index (χ1) is 15.2. The van der Waals surface area contributed by atoms with Crippen LogP contribution in [-0.4, -0.2) is 50.9 Å². The first kappa shape index (κ1) is 21.6. The van der Waals surface area contributed by atoms with Gasteiger partial charge in [-0.25, -0.2) is 0 Å². The van der Waals surface area contributed by atoms with Gasteiger partial charge < -0.3 is 4.74 Å². The smallest absolute Gasteiger partial charge is 0.195 e. The van der Waals surface area contributed by atoms with Gasteiger partial charge in [-0.1, -0.05) is 48.5 Å². The number of ketones is 1. The number of rotatable bonds is 9. The Morgan fingerprint density at radius 2 is 1.74 bits per heavy atom. The molecule has 4 rings (SSSR count). The molecule has 0 spiro atoms. The van der Waals surface area contributed by atoms with Crippen LogP contribution in [-0.2, 0) is 6.54 Å². The van der Waals surface area contributed by atoms with Crippen LogP contribution < -0.4 is 4.74 Å². The largest absolute Gasteiger partial charge is 0.492 e. The van der Waals surface area contributed by atoms with E-state index in [1.165, 1.54) is 19.3 Å². The van der Waals surface area contributed by atoms with Gasteiger partial charge in [0.05, 0.1) is 18.7 Å². The lowest BCUT2D eigenvalue weighted by Crippen LogP contribution is -2.30. The topological polar surface area (TPSA) is 60.2 Å². The fraction of sp³-hybridized carbons (Fsp3) is 0.375. The van der Waals surface area contributed by atoms with E-state index in [0.717, 1.165) is 36.3 Å². The summed E-state index contributed by atoms with van der Waals surface area (Å²) in [4.78, 5) is 14.2. The van der Waals surface area contributed by atoms with Crippen molar-refractivity contribution < 1.29 is 9.53 Å². The van der Waals surface area contributed by atoms with Gasteiger partial charge in [0.25, 0.3) is 0 Å². The molecule has 2 heterocycles. The number of nitrogens with zero attached hydrogens (tertiary/aromatic N) is 4. The number of piperidine rings is 1. The third-order valence-corrected chi connectivity index (χ3v) is 6.26. The minimum absolute atomic E-state index is 0.00873. The summed E-state index contributed by atoms with van der Waals surface area (Å²) in [7, 11) is 0. The summed E-state index contributed by atoms with van der Waals surface area (Å²) >= 11 is 1.62. The average Bonchev–Trinajstić information content (AvgIpc) is 3.20. The van der Waals surface area contributed by atoms with Crippen LogP contribution in [0.2, 0.25) is 0 Å². The Bertz CT molecular complexity index is 1000. The second kappa shape index (κ2) is 10.6. The van der Waals surface area contributed by atoms with E-state index < -0.39 is 0 Å². The van der Waals surface area contributed by atoms with E-state index in [9.17, 15) is 4.79 Å². The number of hydrogen-bond donors (Lipinski definition) is 0. The van der Waals surface area contributed by atoms with Gasteiger partial charge in [-0.3, -0.25) is 14.3 Å². The van der Waals surface area contributed by atoms with Crippen LogP contribution in [0.5, 0.6) is 5.75 Å². The highest BCUT2D eigenvalue weighted by atomic mass is 32.2. The number of para-hydroxylation sites is 2. The first-order valence-electron chi connectivity index (χ1n) is 10.8. The van der Waals surface area contributed by atoms with Gasteiger partial charge in [-0.15, -0.1) is 10.2 Å². The standard InChI is InChI=1S/C24H28N4O2S/c1-19(29)21-12-6-7-13-22(21)30-16-17-31-24-26-25-23(18-27-14-8-3-9-15-27)28(24)20-10-4-2-5-11-20/h2,4-7,10-13H,3,8-9,14-18H2,1H3. The maximum atomic E-state index is 11.8. The van der Waals surface area contributed by atoms with Gasteiger partial charge in [0, 0.05) is 11.4 Å². The summed E-state index contributed by atoms with van der Waals surface area (Å²) in [6.07, 6.45) is 3.82. The van der Waals surface area contributed by atoms with Crippen LogP contribution in [0, 0.1) is 0 Å². The second-order valence-electron chi connectivity index (χ2n) is 7.66. The molecule has 1 fully saturated rings. The lowest BCUT2D eigenvalue weighted by atomic mass is 10.1. The summed E-state index contributed by atoms with van der Waals surface area (Å²) in [5.41, 5.74) is 1.69. The minimum Gasteiger partial charge on any atom is -0.492 e. The van der Waals surface area contributed by atoms with E-state index in [0.29, 0.717) is 23.7 Å². The summed E-state index contributed by atoms with van der Waals surface area (Å²) in [5.74, 6) is 2.32. The molecule has 6 nitrogen and oxygen atoms in total. The number of carbonyl (C=O) groups excluding carboxylic acids is 1. The SMILES string of the molecule is CC(=O)c1ccccc1OCCSc1nnc(CN2CCCCC2)n1-c1ccccc1. The van der Waals surface area contributed by atoms with Crippen LogP contribution in [0.4, 0.5) is 0 Å². The predicted molar refractivity (Wildman–Crippen MR) is 123 cm³/mol. The third-order valence-electron chi connectivity index (χ3n) is 5.37. The zero-order valence-corrected chi connectivity index (χ0v) is 18.7. The fourth-order valence-electron chi connectivity index (χ4n) is 3.82. The number of aromatic nitrogens is 3. The first-order valence-corrected chi connectivity index (χ1v) is 11.8. The molecule has 0 unspecified atom stereocenters. The number of thioether (sulfide) groups is 1. The van der Waals surface area contributed by atoms with Gasteiger partial charge in [-0.05, 0) is 57.1 Å². The molecule has 1 saturated heterocycles. The lowest BCUT2D eigenvalue weighted by molar-refractivity contribution is 0.101. The quantitative estimate of drug-likeness (QED) is 0.277. The molecule has 0 aliphatic carbocycles. The zero-order chi connectivity index (χ0) is 21.5. The average molecular weight is 437 g/mol. The Balaban J connectivity index is 1.45. The maximum Gasteiger partial charge on any atom is 0.195 e. The van der Waals surface area contributed by atoms with Crippen molar-refractivity contribution in [3.05, 3.63) is 66.0 Å². The number of benzene rings is 2. The van der Waals surface area contributed by atoms with Crippen molar-refractivity contribution in [1.82, 2.24) is 19.7 Å². The Kier molecular flexibility index (Phi) is 7.38. The van der Waals surface area contributed by atoms with Crippen LogP contribution >= 0.6 is 11.8 Å². The number of likely N-dealkylation sites (tertiary alicyclic amines) is 1. The Hall–Kier alpha value is -2.64. The third kappa shape index (κ3) is 5.54. The molecule has 0 amide bonds. The van der Waals surface area contributed by atoms with E-state index in [2.05, 4.69) is 31.8 Å². The molecule has 0 radical (unpaired) electrons. The van der Waals surface area contributed by atoms with Crippen LogP contribution in [0.3, 0.4) is 0 Å². The van der Waals surface area contributed by atoms with Gasteiger partial charge >= 0.3 is 0 Å². The molecule has 1 aliphatic heterocycles. The molecule has 0 atom stereocenters. The van der Waals surface area contributed by atoms with E-state index in [1.54, 1.807) is 24.8 Å². The predicted octanol–water partition coefficient (Wildman–Crippen LogP) is 4.63. The van der Waals surface area contributed by atoms with E-state index in [1.807, 2.05) is 36.4 Å². The maximum absolute atomic E-state index is 11.8. The van der Waals surface area contributed by atoms with Gasteiger partial charge in [-0.2, -0.15) is 0 Å². The fourth-order valence-corrected chi connectivity index (χ4v) is 4.61. The molecule has 31 heavy (non-hydrogen) atoms. The van der Waals surface area contributed by atoms with Crippen molar-refractivity contribution in [3.8, 4) is 11.4 Å². The summed E-state index contributed by atoms with van der Waals surface area (Å²) in [5, 5.41) is 9.88. The molecule has 1 aromatic heterocycles. The van der Waals surface area contributed by atoms with Crippen molar-refractivity contribution in [2.75, 3.05) is 25.4 Å². The highest BCUT2D eigenvalue weighted by Gasteiger charge is 2.18. The van der Waals surface area contributed by atoms with Gasteiger partial charge in [0.1, 0.15) is 5.75 Å². The van der Waals surface area contributed by atoms with Crippen LogP contribution in [0.25, 0.3) is 5.69 Å². The molecule has 162 valence electrons. The molecule has 0 bridgehead atoms. The van der Waals surface area contributed by atoms with Crippen LogP contribution in [0.15, 0.2) is 59.8 Å². The second-order valence-corrected chi connectivity index (χ2v) is 8.72. The Labute approximate surface area is 187 Å². The van der Waals surface area contributed by atoms with Gasteiger partial charge in [0.2, 0.25) is 0 Å². The van der Waals surface area contributed by atoms with Crippen molar-refractivity contribution in [2.24, 2.45) is 0 Å². The molecule has 7 heteroatoms. The molecular formula is C24H28N4O2S. The number of carbonyl (C=O) groups is 1. The number of ether oxygens (including phenoxy) is 1. The molecule has 0 N–H and O–H groups in total. The van der Waals surface area contributed by atoms with Crippen LogP contribution in [0.1, 0.15) is 42.4 Å². The van der Waals surface area contributed by atoms with E-state index in [4.69, 9.17) is 4.74 Å². The van der Waals surface area contributed by atoms with E-state index >= 15 is 0 Å². The highest BCUT2D eigenvalue weighted by molar-refractivity contribution is 7.99. The Morgan fingerprint density at radius 3 is 2.52 bits per heavy atom. The molecular weight excluding hydrogens is 408 g/mol. The number of Topliss-reactive ketones (excluding diaryl/α,β-unsaturated/α-hetero) is 1. The monoisotopic (exact) mass is 436 g/mol. The minimum atomic E-state index is 0.00873. The lowest BCUT2D eigenvalue weighted by Gasteiger charge is -2.26. The van der Waals surface area contributed by atoms with Crippen molar-refractivity contribution in [2.45, 2.75) is 37.9 Å². The highest BCUT2D eigenvalue weighted by Crippen LogP contribution is 2.24.